The molecule has 0 aliphatic heterocycles. The summed E-state index contributed by atoms with van der Waals surface area (Å²) in [6.07, 6.45) is 3.64. The number of anilines is 1. The Morgan fingerprint density at radius 3 is 2.19 bits per heavy atom. The number of hydrogen-bond acceptors (Lipinski definition) is 6. The van der Waals surface area contributed by atoms with Gasteiger partial charge in [0.15, 0.2) is 5.78 Å². The zero-order valence-electron chi connectivity index (χ0n) is 19.7. The first-order chi connectivity index (χ1) is 17.5. The summed E-state index contributed by atoms with van der Waals surface area (Å²) in [4.78, 5) is 40.3. The third-order valence-corrected chi connectivity index (χ3v) is 5.32. The number of nitrogens with zero attached hydrogens (tertiary/aromatic N) is 1. The first kappa shape index (κ1) is 26.3. The van der Waals surface area contributed by atoms with Crippen LogP contribution in [0.25, 0.3) is 0 Å². The molecule has 0 fully saturated rings. The lowest BCUT2D eigenvalue weighted by atomic mass is 10.1. The van der Waals surface area contributed by atoms with Crippen LogP contribution in [-0.2, 0) is 16.0 Å². The van der Waals surface area contributed by atoms with Crippen LogP contribution in [0.5, 0.6) is 0 Å². The summed E-state index contributed by atoms with van der Waals surface area (Å²) in [5.41, 5.74) is 8.99. The summed E-state index contributed by atoms with van der Waals surface area (Å²) >= 11 is 0. The molecule has 0 bridgehead atoms. The van der Waals surface area contributed by atoms with Crippen molar-refractivity contribution in [3.05, 3.63) is 95.3 Å². The normalized spacial score (nSPS) is 11.1. The van der Waals surface area contributed by atoms with Crippen molar-refractivity contribution >= 4 is 23.3 Å². The van der Waals surface area contributed by atoms with Gasteiger partial charge in [0, 0.05) is 47.2 Å². The van der Waals surface area contributed by atoms with Gasteiger partial charge in [0.1, 0.15) is 12.6 Å². The minimum Gasteiger partial charge on any atom is -0.388 e. The van der Waals surface area contributed by atoms with Crippen molar-refractivity contribution in [1.82, 2.24) is 10.3 Å². The highest BCUT2D eigenvalue weighted by Crippen LogP contribution is 2.11. The molecule has 0 unspecified atom stereocenters. The second-order valence-electron chi connectivity index (χ2n) is 8.01. The molecule has 1 heterocycles. The first-order valence-corrected chi connectivity index (χ1v) is 11.5. The molecule has 36 heavy (non-hydrogen) atoms. The summed E-state index contributed by atoms with van der Waals surface area (Å²) in [6.45, 7) is -0.778. The van der Waals surface area contributed by atoms with Gasteiger partial charge in [0.2, 0.25) is 5.91 Å². The number of ketones is 1. The second-order valence-corrected chi connectivity index (χ2v) is 8.01. The van der Waals surface area contributed by atoms with Gasteiger partial charge in [-0.2, -0.15) is 0 Å². The quantitative estimate of drug-likeness (QED) is 0.326. The Bertz CT molecular complexity index is 1230. The number of aliphatic hydroxyl groups excluding tert-OH is 1. The van der Waals surface area contributed by atoms with E-state index in [-0.39, 0.29) is 12.5 Å². The highest BCUT2D eigenvalue weighted by molar-refractivity contribution is 5.98. The van der Waals surface area contributed by atoms with Crippen LogP contribution in [0.2, 0.25) is 0 Å². The fourth-order valence-corrected chi connectivity index (χ4v) is 3.31. The van der Waals surface area contributed by atoms with Gasteiger partial charge in [0.25, 0.3) is 5.91 Å². The Morgan fingerprint density at radius 2 is 1.61 bits per heavy atom. The molecule has 8 nitrogen and oxygen atoms in total. The molecule has 2 aromatic carbocycles. The molecule has 1 aromatic heterocycles. The van der Waals surface area contributed by atoms with Crippen LogP contribution in [0.4, 0.5) is 5.69 Å². The number of aromatic nitrogens is 1. The van der Waals surface area contributed by atoms with E-state index in [0.717, 1.165) is 24.1 Å². The molecule has 0 aliphatic carbocycles. The van der Waals surface area contributed by atoms with Crippen LogP contribution in [-0.4, -0.2) is 46.9 Å². The molecular weight excluding hydrogens is 456 g/mol. The smallest absolute Gasteiger partial charge is 0.251 e. The van der Waals surface area contributed by atoms with E-state index >= 15 is 0 Å². The molecule has 2 amide bonds. The number of aryl methyl sites for hydroxylation is 1. The molecule has 1 atom stereocenters. The van der Waals surface area contributed by atoms with Gasteiger partial charge in [-0.15, -0.1) is 0 Å². The topological polar surface area (TPSA) is 134 Å². The summed E-state index contributed by atoms with van der Waals surface area (Å²) in [7, 11) is 0. The van der Waals surface area contributed by atoms with Crippen LogP contribution < -0.4 is 16.4 Å². The van der Waals surface area contributed by atoms with E-state index in [9.17, 15) is 14.4 Å². The van der Waals surface area contributed by atoms with Crippen LogP contribution in [0.15, 0.2) is 72.9 Å². The Hall–Kier alpha value is -4.32. The van der Waals surface area contributed by atoms with Crippen molar-refractivity contribution in [2.45, 2.75) is 25.3 Å². The highest BCUT2D eigenvalue weighted by Gasteiger charge is 2.18. The van der Waals surface area contributed by atoms with Crippen molar-refractivity contribution in [1.29, 1.82) is 0 Å². The van der Waals surface area contributed by atoms with E-state index in [1.54, 1.807) is 42.6 Å². The Kier molecular flexibility index (Phi) is 9.89. The molecule has 3 rings (SSSR count). The number of carbonyl (C=O) groups excluding carboxylic acids is 3. The Morgan fingerprint density at radius 1 is 0.944 bits per heavy atom. The second kappa shape index (κ2) is 13.5. The number of carbonyl (C=O) groups is 3. The fraction of sp³-hybridized carbons (Fsp3) is 0.214. The summed E-state index contributed by atoms with van der Waals surface area (Å²) in [5.74, 6) is 5.03. The van der Waals surface area contributed by atoms with Gasteiger partial charge < -0.3 is 21.5 Å². The number of nitrogens with two attached hydrogens (primary N) is 1. The predicted octanol–water partition coefficient (Wildman–Crippen LogP) is 2.06. The molecule has 8 heteroatoms. The van der Waals surface area contributed by atoms with Crippen molar-refractivity contribution in [3.8, 4) is 11.8 Å². The molecule has 0 spiro atoms. The summed E-state index contributed by atoms with van der Waals surface area (Å²) in [5, 5.41) is 14.3. The largest absolute Gasteiger partial charge is 0.388 e. The van der Waals surface area contributed by atoms with Gasteiger partial charge in [-0.25, -0.2) is 0 Å². The van der Waals surface area contributed by atoms with E-state index in [2.05, 4.69) is 27.5 Å². The van der Waals surface area contributed by atoms with Gasteiger partial charge in [-0.1, -0.05) is 17.9 Å². The number of aliphatic hydroxyl groups is 1. The van der Waals surface area contributed by atoms with Gasteiger partial charge in [-0.3, -0.25) is 19.4 Å². The number of hydrogen-bond donors (Lipinski definition) is 4. The van der Waals surface area contributed by atoms with E-state index in [1.165, 1.54) is 0 Å². The minimum atomic E-state index is -0.929. The lowest BCUT2D eigenvalue weighted by Crippen LogP contribution is -2.46. The molecule has 0 radical (unpaired) electrons. The van der Waals surface area contributed by atoms with E-state index < -0.39 is 24.3 Å². The van der Waals surface area contributed by atoms with Crippen LogP contribution in [0, 0.1) is 11.8 Å². The van der Waals surface area contributed by atoms with Crippen LogP contribution in [0.1, 0.15) is 40.0 Å². The van der Waals surface area contributed by atoms with E-state index in [0.29, 0.717) is 23.2 Å². The number of pyridine rings is 1. The Labute approximate surface area is 209 Å². The number of amides is 2. The minimum absolute atomic E-state index is 0.0487. The maximum absolute atomic E-state index is 12.3. The van der Waals surface area contributed by atoms with Crippen LogP contribution >= 0.6 is 0 Å². The predicted molar refractivity (Wildman–Crippen MR) is 137 cm³/mol. The molecule has 3 aromatic rings. The maximum Gasteiger partial charge on any atom is 0.251 e. The van der Waals surface area contributed by atoms with Gasteiger partial charge >= 0.3 is 0 Å². The number of benzene rings is 2. The standard InChI is InChI=1S/C28H28N4O4/c29-18-25(26(34)19-33)32-28(36)22-13-9-20(10-14-22)7-8-21-11-15-24(16-12-21)31-27(35)6-3-5-23-4-1-2-17-30-23/h1-2,4,9-17,25,33H,3,5-6,18-19,29H2,(H,31,35)(H,32,36)/t25-/m0/s1. The third kappa shape index (κ3) is 8.17. The van der Waals surface area contributed by atoms with E-state index in [4.69, 9.17) is 10.8 Å². The average Bonchev–Trinajstić information content (AvgIpc) is 2.91. The van der Waals surface area contributed by atoms with E-state index in [1.807, 2.05) is 30.3 Å². The lowest BCUT2D eigenvalue weighted by molar-refractivity contribution is -0.123. The lowest BCUT2D eigenvalue weighted by Gasteiger charge is -2.14. The Balaban J connectivity index is 1.49. The molecule has 0 saturated heterocycles. The van der Waals surface area contributed by atoms with Crippen LogP contribution in [0.3, 0.4) is 0 Å². The summed E-state index contributed by atoms with van der Waals surface area (Å²) in [6, 6.07) is 18.7. The van der Waals surface area contributed by atoms with Gasteiger partial charge in [-0.05, 0) is 73.5 Å². The van der Waals surface area contributed by atoms with Crippen molar-refractivity contribution in [2.75, 3.05) is 18.5 Å². The first-order valence-electron chi connectivity index (χ1n) is 11.5. The molecule has 0 saturated carbocycles. The maximum atomic E-state index is 12.3. The number of rotatable bonds is 10. The third-order valence-electron chi connectivity index (χ3n) is 5.32. The zero-order chi connectivity index (χ0) is 25.8. The van der Waals surface area contributed by atoms with Crippen molar-refractivity contribution in [2.24, 2.45) is 5.73 Å². The monoisotopic (exact) mass is 484 g/mol. The average molecular weight is 485 g/mol. The number of nitrogens with one attached hydrogen (secondary N) is 2. The molecule has 5 N–H and O–H groups in total. The molecule has 184 valence electrons. The SMILES string of the molecule is NC[C@H](NC(=O)c1ccc(C#Cc2ccc(NC(=O)CCCc3ccccn3)cc2)cc1)C(=O)CO. The zero-order valence-corrected chi connectivity index (χ0v) is 19.7. The molecule has 0 aliphatic rings. The number of Topliss-reactive ketones (excluding diaryl/α,β-unsaturated/α-hetero) is 1. The molecular formula is C28H28N4O4. The fourth-order valence-electron chi connectivity index (χ4n) is 3.31. The highest BCUT2D eigenvalue weighted by atomic mass is 16.3. The van der Waals surface area contributed by atoms with Crippen molar-refractivity contribution < 1.29 is 19.5 Å². The van der Waals surface area contributed by atoms with Gasteiger partial charge in [0.05, 0.1) is 0 Å². The van der Waals surface area contributed by atoms with Crippen molar-refractivity contribution in [3.63, 3.8) is 0 Å². The summed E-state index contributed by atoms with van der Waals surface area (Å²) < 4.78 is 0.